The number of hydrogen-bond donors (Lipinski definition) is 2. The highest BCUT2D eigenvalue weighted by atomic mass is 16.6. The van der Waals surface area contributed by atoms with Gasteiger partial charge in [-0.25, -0.2) is 4.79 Å². The number of ether oxygens (including phenoxy) is 1. The monoisotopic (exact) mass is 217 g/mol. The van der Waals surface area contributed by atoms with Gasteiger partial charge < -0.3 is 15.2 Å². The van der Waals surface area contributed by atoms with E-state index in [-0.39, 0.29) is 6.04 Å². The van der Waals surface area contributed by atoms with E-state index in [1.165, 1.54) is 0 Å². The Hall–Kier alpha value is -0.770. The van der Waals surface area contributed by atoms with Gasteiger partial charge in [-0.05, 0) is 41.0 Å². The lowest BCUT2D eigenvalue weighted by atomic mass is 9.97. The van der Waals surface area contributed by atoms with E-state index in [2.05, 4.69) is 5.32 Å². The Morgan fingerprint density at radius 3 is 2.07 bits per heavy atom. The number of aliphatic hydroxyl groups is 1. The maximum absolute atomic E-state index is 11.4. The van der Waals surface area contributed by atoms with Crippen molar-refractivity contribution in [1.82, 2.24) is 5.32 Å². The van der Waals surface area contributed by atoms with Crippen molar-refractivity contribution < 1.29 is 14.6 Å². The summed E-state index contributed by atoms with van der Waals surface area (Å²) in [5.41, 5.74) is -1.45. The number of carbonyl (C=O) groups excluding carboxylic acids is 1. The normalized spacial score (nSPS) is 14.6. The van der Waals surface area contributed by atoms with Gasteiger partial charge in [-0.2, -0.15) is 0 Å². The van der Waals surface area contributed by atoms with Crippen LogP contribution in [0.1, 0.15) is 48.0 Å². The zero-order valence-electron chi connectivity index (χ0n) is 10.5. The van der Waals surface area contributed by atoms with Crippen molar-refractivity contribution in [3.8, 4) is 0 Å². The lowest BCUT2D eigenvalue weighted by Crippen LogP contribution is -2.50. The maximum Gasteiger partial charge on any atom is 0.407 e. The number of amides is 1. The minimum atomic E-state index is -0.939. The highest BCUT2D eigenvalue weighted by Crippen LogP contribution is 2.13. The van der Waals surface area contributed by atoms with E-state index in [4.69, 9.17) is 4.74 Å². The Morgan fingerprint density at radius 1 is 1.33 bits per heavy atom. The number of hydrogen-bond acceptors (Lipinski definition) is 3. The van der Waals surface area contributed by atoms with E-state index in [9.17, 15) is 9.90 Å². The summed E-state index contributed by atoms with van der Waals surface area (Å²) in [6, 6.07) is -0.299. The summed E-state index contributed by atoms with van der Waals surface area (Å²) in [7, 11) is 0. The van der Waals surface area contributed by atoms with Crippen LogP contribution in [0, 0.1) is 0 Å². The predicted molar refractivity (Wildman–Crippen MR) is 59.7 cm³/mol. The molecule has 0 bridgehead atoms. The van der Waals surface area contributed by atoms with Gasteiger partial charge in [-0.1, -0.05) is 6.92 Å². The summed E-state index contributed by atoms with van der Waals surface area (Å²) < 4.78 is 5.10. The van der Waals surface area contributed by atoms with Crippen molar-refractivity contribution in [1.29, 1.82) is 0 Å². The fourth-order valence-electron chi connectivity index (χ4n) is 1.23. The average Bonchev–Trinajstić information content (AvgIpc) is 1.94. The van der Waals surface area contributed by atoms with Crippen LogP contribution in [0.4, 0.5) is 4.79 Å². The van der Waals surface area contributed by atoms with Gasteiger partial charge in [0.25, 0.3) is 0 Å². The van der Waals surface area contributed by atoms with Crippen molar-refractivity contribution in [2.45, 2.75) is 65.2 Å². The fraction of sp³-hybridized carbons (Fsp3) is 0.909. The third-order valence-electron chi connectivity index (χ3n) is 1.95. The molecule has 0 rings (SSSR count). The highest BCUT2D eigenvalue weighted by Gasteiger charge is 2.28. The van der Waals surface area contributed by atoms with E-state index < -0.39 is 17.3 Å². The van der Waals surface area contributed by atoms with Crippen molar-refractivity contribution in [3.05, 3.63) is 0 Å². The zero-order valence-corrected chi connectivity index (χ0v) is 10.5. The molecule has 0 aliphatic heterocycles. The fourth-order valence-corrected chi connectivity index (χ4v) is 1.23. The molecule has 0 aromatic carbocycles. The summed E-state index contributed by atoms with van der Waals surface area (Å²) in [5, 5.41) is 12.4. The average molecular weight is 217 g/mol. The molecule has 0 saturated heterocycles. The van der Waals surface area contributed by atoms with E-state index >= 15 is 0 Å². The molecule has 90 valence electrons. The molecule has 15 heavy (non-hydrogen) atoms. The van der Waals surface area contributed by atoms with Crippen LogP contribution in [0.25, 0.3) is 0 Å². The Bertz CT molecular complexity index is 213. The second-order valence-electron chi connectivity index (χ2n) is 5.26. The van der Waals surface area contributed by atoms with Gasteiger partial charge in [0.1, 0.15) is 5.60 Å². The van der Waals surface area contributed by atoms with Crippen LogP contribution in [-0.4, -0.2) is 28.4 Å². The standard InChI is InChI=1S/C11H23NO3/c1-7-8(11(5,6)14)12-9(13)15-10(2,3)4/h8,14H,7H2,1-6H3,(H,12,13). The molecular formula is C11H23NO3. The Kier molecular flexibility index (Phi) is 4.59. The summed E-state index contributed by atoms with van der Waals surface area (Å²) >= 11 is 0. The molecule has 0 aromatic heterocycles. The lowest BCUT2D eigenvalue weighted by molar-refractivity contribution is 0.0161. The van der Waals surface area contributed by atoms with Gasteiger partial charge in [-0.3, -0.25) is 0 Å². The molecule has 0 aliphatic rings. The predicted octanol–water partition coefficient (Wildman–Crippen LogP) is 2.06. The highest BCUT2D eigenvalue weighted by molar-refractivity contribution is 5.68. The Morgan fingerprint density at radius 2 is 1.80 bits per heavy atom. The van der Waals surface area contributed by atoms with E-state index in [0.29, 0.717) is 6.42 Å². The van der Waals surface area contributed by atoms with E-state index in [1.54, 1.807) is 34.6 Å². The van der Waals surface area contributed by atoms with Crippen molar-refractivity contribution >= 4 is 6.09 Å². The van der Waals surface area contributed by atoms with E-state index in [0.717, 1.165) is 0 Å². The topological polar surface area (TPSA) is 58.6 Å². The molecule has 2 N–H and O–H groups in total. The third kappa shape index (κ3) is 6.33. The summed E-state index contributed by atoms with van der Waals surface area (Å²) in [4.78, 5) is 11.4. The van der Waals surface area contributed by atoms with Crippen LogP contribution < -0.4 is 5.32 Å². The second-order valence-corrected chi connectivity index (χ2v) is 5.26. The molecule has 1 atom stereocenters. The molecule has 4 nitrogen and oxygen atoms in total. The first-order valence-electron chi connectivity index (χ1n) is 5.28. The minimum absolute atomic E-state index is 0.299. The third-order valence-corrected chi connectivity index (χ3v) is 1.95. The maximum atomic E-state index is 11.4. The molecule has 1 amide bonds. The van der Waals surface area contributed by atoms with Crippen molar-refractivity contribution in [2.75, 3.05) is 0 Å². The largest absolute Gasteiger partial charge is 0.444 e. The molecule has 0 heterocycles. The van der Waals surface area contributed by atoms with Gasteiger partial charge >= 0.3 is 6.09 Å². The molecular weight excluding hydrogens is 194 g/mol. The zero-order chi connectivity index (χ0) is 12.3. The molecule has 0 aromatic rings. The number of nitrogens with one attached hydrogen (secondary N) is 1. The van der Waals surface area contributed by atoms with Gasteiger partial charge in [0.05, 0.1) is 11.6 Å². The smallest absolute Gasteiger partial charge is 0.407 e. The molecule has 0 fully saturated rings. The molecule has 1 unspecified atom stereocenters. The number of rotatable bonds is 3. The van der Waals surface area contributed by atoms with Gasteiger partial charge in [0.2, 0.25) is 0 Å². The first-order valence-corrected chi connectivity index (χ1v) is 5.28. The summed E-state index contributed by atoms with van der Waals surface area (Å²) in [6.45, 7) is 10.6. The summed E-state index contributed by atoms with van der Waals surface area (Å²) in [6.07, 6.45) is 0.166. The lowest BCUT2D eigenvalue weighted by Gasteiger charge is -2.30. The van der Waals surface area contributed by atoms with Crippen molar-refractivity contribution in [3.63, 3.8) is 0 Å². The molecule has 0 saturated carbocycles. The SMILES string of the molecule is CCC(NC(=O)OC(C)(C)C)C(C)(C)O. The van der Waals surface area contributed by atoms with Crippen molar-refractivity contribution in [2.24, 2.45) is 0 Å². The molecule has 4 heteroatoms. The molecule has 0 aliphatic carbocycles. The van der Waals surface area contributed by atoms with Crippen LogP contribution in [0.2, 0.25) is 0 Å². The van der Waals surface area contributed by atoms with Crippen LogP contribution in [0.3, 0.4) is 0 Å². The summed E-state index contributed by atoms with van der Waals surface area (Å²) in [5.74, 6) is 0. The quantitative estimate of drug-likeness (QED) is 0.760. The van der Waals surface area contributed by atoms with Crippen LogP contribution in [0.15, 0.2) is 0 Å². The van der Waals surface area contributed by atoms with Crippen LogP contribution in [0.5, 0.6) is 0 Å². The molecule has 0 radical (unpaired) electrons. The van der Waals surface area contributed by atoms with Crippen LogP contribution >= 0.6 is 0 Å². The van der Waals surface area contributed by atoms with Crippen LogP contribution in [-0.2, 0) is 4.74 Å². The number of carbonyl (C=O) groups is 1. The number of alkyl carbamates (subject to hydrolysis) is 1. The Labute approximate surface area is 92.0 Å². The molecule has 0 spiro atoms. The Balaban J connectivity index is 4.27. The van der Waals surface area contributed by atoms with Gasteiger partial charge in [0, 0.05) is 0 Å². The van der Waals surface area contributed by atoms with E-state index in [1.807, 2.05) is 6.92 Å². The second kappa shape index (κ2) is 4.84. The first-order chi connectivity index (χ1) is 6.56. The van der Waals surface area contributed by atoms with Gasteiger partial charge in [-0.15, -0.1) is 0 Å². The first kappa shape index (κ1) is 14.2. The van der Waals surface area contributed by atoms with Gasteiger partial charge in [0.15, 0.2) is 0 Å². The minimum Gasteiger partial charge on any atom is -0.444 e.